The molecule has 0 atom stereocenters. The zero-order valence-corrected chi connectivity index (χ0v) is 16.2. The normalized spacial score (nSPS) is 11.5. The number of ether oxygens (including phenoxy) is 1. The first-order valence-corrected chi connectivity index (χ1v) is 8.73. The molecular weight excluding hydrogens is 387 g/mol. The predicted molar refractivity (Wildman–Crippen MR) is 103 cm³/mol. The Morgan fingerprint density at radius 1 is 0.966 bits per heavy atom. The van der Waals surface area contributed by atoms with E-state index in [0.717, 1.165) is 12.1 Å². The number of amides is 2. The molecule has 0 heterocycles. The fourth-order valence-corrected chi connectivity index (χ4v) is 2.27. The average molecular weight is 409 g/mol. The Morgan fingerprint density at radius 2 is 1.62 bits per heavy atom. The molecule has 0 radical (unpaired) electrons. The molecule has 6 nitrogen and oxygen atoms in total. The summed E-state index contributed by atoms with van der Waals surface area (Å²) in [4.78, 5) is 23.7. The van der Waals surface area contributed by atoms with Crippen LogP contribution in [0, 0.1) is 0 Å². The molecule has 0 aliphatic heterocycles. The number of hydrogen-bond donors (Lipinski definition) is 3. The molecule has 0 aliphatic rings. The van der Waals surface area contributed by atoms with E-state index < -0.39 is 29.3 Å². The molecule has 2 aromatic rings. The second-order valence-electron chi connectivity index (χ2n) is 7.25. The van der Waals surface area contributed by atoms with Crippen molar-refractivity contribution >= 4 is 23.4 Å². The van der Waals surface area contributed by atoms with Gasteiger partial charge in [-0.3, -0.25) is 21.0 Å². The maximum atomic E-state index is 12.7. The summed E-state index contributed by atoms with van der Waals surface area (Å²) >= 11 is 0. The fourth-order valence-electron chi connectivity index (χ4n) is 2.27. The van der Waals surface area contributed by atoms with E-state index >= 15 is 0 Å². The van der Waals surface area contributed by atoms with Crippen molar-refractivity contribution in [3.8, 4) is 0 Å². The van der Waals surface area contributed by atoms with Crippen molar-refractivity contribution < 1.29 is 27.5 Å². The Kier molecular flexibility index (Phi) is 6.73. The molecule has 3 N–H and O–H groups in total. The van der Waals surface area contributed by atoms with Gasteiger partial charge >= 0.3 is 12.3 Å². The van der Waals surface area contributed by atoms with Gasteiger partial charge in [0.1, 0.15) is 5.60 Å². The third-order valence-corrected chi connectivity index (χ3v) is 3.50. The van der Waals surface area contributed by atoms with Crippen LogP contribution in [0.5, 0.6) is 0 Å². The minimum atomic E-state index is -4.46. The van der Waals surface area contributed by atoms with Crippen molar-refractivity contribution in [1.82, 2.24) is 5.43 Å². The van der Waals surface area contributed by atoms with E-state index in [1.165, 1.54) is 12.1 Å². The van der Waals surface area contributed by atoms with E-state index in [1.807, 2.05) is 0 Å². The second kappa shape index (κ2) is 8.85. The number of anilines is 2. The lowest BCUT2D eigenvalue weighted by Gasteiger charge is -2.19. The number of hydrazine groups is 1. The molecule has 0 bridgehead atoms. The van der Waals surface area contributed by atoms with E-state index in [-0.39, 0.29) is 12.1 Å². The molecule has 0 aromatic heterocycles. The molecular formula is C20H22F3N3O3. The van der Waals surface area contributed by atoms with Crippen LogP contribution in [0.15, 0.2) is 48.5 Å². The predicted octanol–water partition coefficient (Wildman–Crippen LogP) is 4.74. The average Bonchev–Trinajstić information content (AvgIpc) is 2.59. The van der Waals surface area contributed by atoms with E-state index in [1.54, 1.807) is 45.0 Å². The number of rotatable bonds is 5. The summed E-state index contributed by atoms with van der Waals surface area (Å²) in [5.74, 6) is -0.435. The Labute approximate surface area is 166 Å². The van der Waals surface area contributed by atoms with E-state index in [4.69, 9.17) is 4.74 Å². The summed E-state index contributed by atoms with van der Waals surface area (Å²) in [6.07, 6.45) is -5.05. The Morgan fingerprint density at radius 3 is 2.21 bits per heavy atom. The van der Waals surface area contributed by atoms with Crippen LogP contribution in [0.25, 0.3) is 0 Å². The van der Waals surface area contributed by atoms with Gasteiger partial charge in [0.2, 0.25) is 5.91 Å². The van der Waals surface area contributed by atoms with Crippen molar-refractivity contribution in [1.29, 1.82) is 0 Å². The minimum Gasteiger partial charge on any atom is -0.444 e. The summed E-state index contributed by atoms with van der Waals surface area (Å²) in [5.41, 5.74) is 4.66. The van der Waals surface area contributed by atoms with Gasteiger partial charge in [-0.25, -0.2) is 4.79 Å². The monoisotopic (exact) mass is 409 g/mol. The number of halogens is 3. The van der Waals surface area contributed by atoms with Crippen LogP contribution in [0.2, 0.25) is 0 Å². The summed E-state index contributed by atoms with van der Waals surface area (Å²) in [5, 5.41) is 2.58. The molecule has 2 aromatic carbocycles. The van der Waals surface area contributed by atoms with Gasteiger partial charge in [-0.2, -0.15) is 13.2 Å². The first kappa shape index (κ1) is 22.1. The molecule has 2 rings (SSSR count). The van der Waals surface area contributed by atoms with Crippen molar-refractivity contribution in [2.45, 2.75) is 39.0 Å². The lowest BCUT2D eigenvalue weighted by atomic mass is 10.1. The zero-order valence-electron chi connectivity index (χ0n) is 16.2. The molecule has 0 fully saturated rings. The maximum absolute atomic E-state index is 12.7. The quantitative estimate of drug-likeness (QED) is 0.624. The third-order valence-electron chi connectivity index (χ3n) is 3.50. The number of hydrogen-bond acceptors (Lipinski definition) is 4. The van der Waals surface area contributed by atoms with Crippen LogP contribution in [0.4, 0.5) is 29.3 Å². The maximum Gasteiger partial charge on any atom is 0.416 e. The van der Waals surface area contributed by atoms with Crippen LogP contribution in [-0.4, -0.2) is 17.6 Å². The Balaban J connectivity index is 1.86. The van der Waals surface area contributed by atoms with Gasteiger partial charge < -0.3 is 4.74 Å². The standard InChI is InChI=1S/C20H22F3N3O3/c1-19(2,3)29-18(28)24-15-9-7-13(8-10-15)11-17(27)26-25-16-6-4-5-14(12-16)20(21,22)23/h4-10,12,25H,11H2,1-3H3,(H,24,28)(H,26,27). The highest BCUT2D eigenvalue weighted by Crippen LogP contribution is 2.30. The number of alkyl halides is 3. The molecule has 0 unspecified atom stereocenters. The molecule has 9 heteroatoms. The van der Waals surface area contributed by atoms with Crippen LogP contribution < -0.4 is 16.2 Å². The van der Waals surface area contributed by atoms with E-state index in [0.29, 0.717) is 11.3 Å². The largest absolute Gasteiger partial charge is 0.444 e. The summed E-state index contributed by atoms with van der Waals surface area (Å²) in [6, 6.07) is 11.0. The first-order chi connectivity index (χ1) is 13.4. The van der Waals surface area contributed by atoms with Crippen LogP contribution in [0.1, 0.15) is 31.9 Å². The first-order valence-electron chi connectivity index (χ1n) is 8.73. The molecule has 156 valence electrons. The second-order valence-corrected chi connectivity index (χ2v) is 7.25. The highest BCUT2D eigenvalue weighted by Gasteiger charge is 2.30. The summed E-state index contributed by atoms with van der Waals surface area (Å²) < 4.78 is 43.2. The Hall–Kier alpha value is -3.23. The molecule has 0 saturated carbocycles. The van der Waals surface area contributed by atoms with Crippen molar-refractivity contribution in [3.05, 3.63) is 59.7 Å². The summed E-state index contributed by atoms with van der Waals surface area (Å²) in [7, 11) is 0. The number of nitrogens with one attached hydrogen (secondary N) is 3. The highest BCUT2D eigenvalue weighted by atomic mass is 19.4. The number of carbonyl (C=O) groups excluding carboxylic acids is 2. The Bertz CT molecular complexity index is 860. The van der Waals surface area contributed by atoms with Gasteiger partial charge in [-0.15, -0.1) is 0 Å². The van der Waals surface area contributed by atoms with E-state index in [2.05, 4.69) is 16.2 Å². The molecule has 0 aliphatic carbocycles. The highest BCUT2D eigenvalue weighted by molar-refractivity contribution is 5.85. The number of benzene rings is 2. The summed E-state index contributed by atoms with van der Waals surface area (Å²) in [6.45, 7) is 5.26. The molecule has 29 heavy (non-hydrogen) atoms. The zero-order chi connectivity index (χ0) is 21.7. The van der Waals surface area contributed by atoms with Gasteiger partial charge in [0.25, 0.3) is 0 Å². The third kappa shape index (κ3) is 7.73. The fraction of sp³-hybridized carbons (Fsp3) is 0.300. The minimum absolute atomic E-state index is 0.00131. The smallest absolute Gasteiger partial charge is 0.416 e. The van der Waals surface area contributed by atoms with Gasteiger partial charge in [0.05, 0.1) is 17.7 Å². The van der Waals surface area contributed by atoms with E-state index in [9.17, 15) is 22.8 Å². The molecule has 2 amide bonds. The lowest BCUT2D eigenvalue weighted by Crippen LogP contribution is -2.30. The molecule has 0 spiro atoms. The van der Waals surface area contributed by atoms with Crippen LogP contribution in [0.3, 0.4) is 0 Å². The SMILES string of the molecule is CC(C)(C)OC(=O)Nc1ccc(CC(=O)NNc2cccc(C(F)(F)F)c2)cc1. The van der Waals surface area contributed by atoms with Crippen molar-refractivity contribution in [2.24, 2.45) is 0 Å². The van der Waals surface area contributed by atoms with Crippen molar-refractivity contribution in [3.63, 3.8) is 0 Å². The lowest BCUT2D eigenvalue weighted by molar-refractivity contribution is -0.137. The van der Waals surface area contributed by atoms with Crippen LogP contribution in [-0.2, 0) is 22.1 Å². The topological polar surface area (TPSA) is 79.5 Å². The van der Waals surface area contributed by atoms with Crippen LogP contribution >= 0.6 is 0 Å². The van der Waals surface area contributed by atoms with Crippen molar-refractivity contribution in [2.75, 3.05) is 10.7 Å². The number of carbonyl (C=O) groups is 2. The van der Waals surface area contributed by atoms with Gasteiger partial charge in [-0.05, 0) is 56.7 Å². The van der Waals surface area contributed by atoms with Gasteiger partial charge in [0.15, 0.2) is 0 Å². The van der Waals surface area contributed by atoms with Gasteiger partial charge in [-0.1, -0.05) is 18.2 Å². The molecule has 0 saturated heterocycles. The van der Waals surface area contributed by atoms with Gasteiger partial charge in [0, 0.05) is 5.69 Å².